The number of rotatable bonds is 7. The number of hydrogen-bond acceptors (Lipinski definition) is 5. The number of H-pyrrole nitrogens is 1. The van der Waals surface area contributed by atoms with Crippen LogP contribution in [-0.4, -0.2) is 37.8 Å². The highest BCUT2D eigenvalue weighted by molar-refractivity contribution is 5.91. The van der Waals surface area contributed by atoms with Crippen LogP contribution in [0.5, 0.6) is 5.75 Å². The van der Waals surface area contributed by atoms with Gasteiger partial charge in [0, 0.05) is 48.3 Å². The second-order valence-electron chi connectivity index (χ2n) is 9.61. The van der Waals surface area contributed by atoms with E-state index in [1.165, 1.54) is 22.4 Å². The van der Waals surface area contributed by atoms with Crippen molar-refractivity contribution in [3.63, 3.8) is 0 Å². The van der Waals surface area contributed by atoms with Gasteiger partial charge in [-0.05, 0) is 25.0 Å². The second kappa shape index (κ2) is 10.4. The van der Waals surface area contributed by atoms with E-state index in [9.17, 15) is 13.6 Å². The van der Waals surface area contributed by atoms with Gasteiger partial charge in [0.05, 0.1) is 24.4 Å². The molecule has 2 aromatic heterocycles. The number of para-hydroxylation sites is 1. The molecule has 7 nitrogen and oxygen atoms in total. The molecule has 39 heavy (non-hydrogen) atoms. The third-order valence-electron chi connectivity index (χ3n) is 7.02. The van der Waals surface area contributed by atoms with Crippen LogP contribution < -0.4 is 10.3 Å². The molecule has 3 heterocycles. The molecule has 0 atom stereocenters. The van der Waals surface area contributed by atoms with Crippen LogP contribution in [0.15, 0.2) is 71.5 Å². The molecule has 0 saturated carbocycles. The van der Waals surface area contributed by atoms with Crippen LogP contribution in [0.4, 0.5) is 8.78 Å². The number of aromatic amines is 1. The molecule has 198 valence electrons. The van der Waals surface area contributed by atoms with Gasteiger partial charge >= 0.3 is 0 Å². The van der Waals surface area contributed by atoms with Crippen LogP contribution in [0.2, 0.25) is 0 Å². The molecule has 9 heteroatoms. The lowest BCUT2D eigenvalue weighted by Crippen LogP contribution is -2.35. The third-order valence-corrected chi connectivity index (χ3v) is 7.02. The Morgan fingerprint density at radius 1 is 1.00 bits per heavy atom. The summed E-state index contributed by atoms with van der Waals surface area (Å²) in [5.74, 6) is -0.945. The first kappa shape index (κ1) is 24.9. The molecule has 1 aliphatic heterocycles. The minimum absolute atomic E-state index is 0.123. The lowest BCUT2D eigenvalue weighted by molar-refractivity contribution is 0.240. The van der Waals surface area contributed by atoms with Crippen LogP contribution in [0.1, 0.15) is 29.3 Å². The number of benzene rings is 3. The summed E-state index contributed by atoms with van der Waals surface area (Å²) in [5.41, 5.74) is 3.43. The predicted molar refractivity (Wildman–Crippen MR) is 144 cm³/mol. The molecule has 6 rings (SSSR count). The van der Waals surface area contributed by atoms with Crippen molar-refractivity contribution in [2.75, 3.05) is 13.2 Å². The van der Waals surface area contributed by atoms with Gasteiger partial charge in [-0.1, -0.05) is 48.5 Å². The summed E-state index contributed by atoms with van der Waals surface area (Å²) in [6, 6.07) is 19.9. The van der Waals surface area contributed by atoms with Gasteiger partial charge < -0.3 is 9.72 Å². The van der Waals surface area contributed by atoms with E-state index >= 15 is 0 Å². The normalized spacial score (nSPS) is 13.5. The summed E-state index contributed by atoms with van der Waals surface area (Å²) in [7, 11) is 0. The van der Waals surface area contributed by atoms with Crippen LogP contribution in [-0.2, 0) is 26.1 Å². The quantitative estimate of drug-likeness (QED) is 0.320. The lowest BCUT2D eigenvalue weighted by atomic mass is 10.1. The van der Waals surface area contributed by atoms with E-state index < -0.39 is 11.6 Å². The van der Waals surface area contributed by atoms with E-state index in [1.807, 2.05) is 42.5 Å². The smallest absolute Gasteiger partial charge is 0.254 e. The van der Waals surface area contributed by atoms with Crippen molar-refractivity contribution < 1.29 is 13.5 Å². The average Bonchev–Trinajstić information content (AvgIpc) is 3.30. The van der Waals surface area contributed by atoms with Crippen molar-refractivity contribution in [2.45, 2.75) is 33.0 Å². The molecule has 1 aliphatic rings. The zero-order valence-electron chi connectivity index (χ0n) is 21.5. The Hall–Kier alpha value is -4.37. The van der Waals surface area contributed by atoms with E-state index in [2.05, 4.69) is 27.1 Å². The molecule has 0 unspecified atom stereocenters. The number of halogens is 2. The van der Waals surface area contributed by atoms with Crippen molar-refractivity contribution in [3.8, 4) is 17.3 Å². The number of hydrogen-bond donors (Lipinski definition) is 1. The molecule has 0 saturated heterocycles. The summed E-state index contributed by atoms with van der Waals surface area (Å²) in [6.07, 6.45) is 0.607. The Bertz CT molecular complexity index is 1690. The molecular formula is C30H27F2N5O2. The Morgan fingerprint density at radius 2 is 1.74 bits per heavy atom. The van der Waals surface area contributed by atoms with Crippen LogP contribution in [0.3, 0.4) is 0 Å². The average molecular weight is 528 g/mol. The Labute approximate surface area is 223 Å². The van der Waals surface area contributed by atoms with Crippen molar-refractivity contribution in [3.05, 3.63) is 111 Å². The number of ether oxygens (including phenoxy) is 1. The highest BCUT2D eigenvalue weighted by Crippen LogP contribution is 2.29. The molecule has 0 spiro atoms. The Balaban J connectivity index is 1.36. The van der Waals surface area contributed by atoms with Crippen LogP contribution >= 0.6 is 0 Å². The van der Waals surface area contributed by atoms with E-state index in [0.29, 0.717) is 42.2 Å². The zero-order chi connectivity index (χ0) is 26.9. The van der Waals surface area contributed by atoms with Gasteiger partial charge in [-0.2, -0.15) is 5.10 Å². The van der Waals surface area contributed by atoms with E-state index in [4.69, 9.17) is 9.72 Å². The number of nitrogens with one attached hydrogen (secondary N) is 1. The van der Waals surface area contributed by atoms with Gasteiger partial charge in [0.15, 0.2) is 5.82 Å². The first-order chi connectivity index (χ1) is 19.0. The fourth-order valence-electron chi connectivity index (χ4n) is 5.14. The van der Waals surface area contributed by atoms with Gasteiger partial charge in [-0.15, -0.1) is 0 Å². The maximum absolute atomic E-state index is 14.9. The Kier molecular flexibility index (Phi) is 6.66. The van der Waals surface area contributed by atoms with Gasteiger partial charge in [0.2, 0.25) is 0 Å². The monoisotopic (exact) mass is 527 g/mol. The van der Waals surface area contributed by atoms with Gasteiger partial charge in [0.25, 0.3) is 5.56 Å². The number of nitrogens with zero attached hydrogens (tertiary/aromatic N) is 4. The molecule has 5 aromatic rings. The predicted octanol–water partition coefficient (Wildman–Crippen LogP) is 5.07. The minimum Gasteiger partial charge on any atom is -0.494 e. The molecular weight excluding hydrogens is 500 g/mol. The maximum Gasteiger partial charge on any atom is 0.254 e. The third kappa shape index (κ3) is 4.93. The van der Waals surface area contributed by atoms with Gasteiger partial charge in [-0.25, -0.2) is 13.8 Å². The van der Waals surface area contributed by atoms with Crippen molar-refractivity contribution >= 4 is 10.9 Å². The highest BCUT2D eigenvalue weighted by Gasteiger charge is 2.24. The van der Waals surface area contributed by atoms with Gasteiger partial charge in [-0.3, -0.25) is 14.4 Å². The summed E-state index contributed by atoms with van der Waals surface area (Å²) in [4.78, 5) is 23.1. The molecule has 0 aliphatic carbocycles. The van der Waals surface area contributed by atoms with E-state index in [1.54, 1.807) is 6.92 Å². The van der Waals surface area contributed by atoms with Crippen molar-refractivity contribution in [1.82, 2.24) is 24.6 Å². The van der Waals surface area contributed by atoms with E-state index in [0.717, 1.165) is 24.2 Å². The highest BCUT2D eigenvalue weighted by atomic mass is 19.1. The fraction of sp³-hybridized carbons (Fsp3) is 0.233. The van der Waals surface area contributed by atoms with Gasteiger partial charge in [0.1, 0.15) is 23.1 Å². The molecule has 0 fully saturated rings. The lowest BCUT2D eigenvalue weighted by Gasteiger charge is -2.27. The first-order valence-electron chi connectivity index (χ1n) is 12.9. The summed E-state index contributed by atoms with van der Waals surface area (Å²) in [6.45, 7) is 4.00. The standard InChI is InChI=1S/C30H27F2N5O2/c1-2-39-20-14-24(31)23(25(32)15-20)17-37-27-11-7-6-10-22(27)28(35-37)29-33-26-18-36(13-12-21(26)30(38)34-29)16-19-8-4-3-5-9-19/h3-11,14-15H,2,12-13,16-18H2,1H3,(H,33,34,38). The fourth-order valence-corrected chi connectivity index (χ4v) is 5.14. The largest absolute Gasteiger partial charge is 0.494 e. The molecule has 0 bridgehead atoms. The summed E-state index contributed by atoms with van der Waals surface area (Å²) in [5, 5.41) is 5.40. The SMILES string of the molecule is CCOc1cc(F)c(Cn2nc(-c3nc4c(c(=O)[nH]3)CCN(Cc3ccccc3)C4)c3ccccc32)c(F)c1. The topological polar surface area (TPSA) is 76.0 Å². The van der Waals surface area contributed by atoms with Crippen LogP contribution in [0.25, 0.3) is 22.4 Å². The summed E-state index contributed by atoms with van der Waals surface area (Å²) < 4.78 is 36.5. The van der Waals surface area contributed by atoms with Crippen molar-refractivity contribution in [2.24, 2.45) is 0 Å². The zero-order valence-corrected chi connectivity index (χ0v) is 21.5. The Morgan fingerprint density at radius 3 is 2.51 bits per heavy atom. The number of aromatic nitrogens is 4. The molecule has 0 amide bonds. The second-order valence-corrected chi connectivity index (χ2v) is 9.61. The van der Waals surface area contributed by atoms with Crippen LogP contribution in [0, 0.1) is 11.6 Å². The molecule has 1 N–H and O–H groups in total. The molecule has 3 aromatic carbocycles. The summed E-state index contributed by atoms with van der Waals surface area (Å²) >= 11 is 0. The number of fused-ring (bicyclic) bond motifs is 2. The maximum atomic E-state index is 14.9. The van der Waals surface area contributed by atoms with Crippen molar-refractivity contribution in [1.29, 1.82) is 0 Å². The minimum atomic E-state index is -0.710. The molecule has 0 radical (unpaired) electrons. The van der Waals surface area contributed by atoms with E-state index in [-0.39, 0.29) is 23.4 Å². The first-order valence-corrected chi connectivity index (χ1v) is 12.9.